The van der Waals surface area contributed by atoms with E-state index in [4.69, 9.17) is 0 Å². The molecule has 0 spiro atoms. The molecule has 1 rings (SSSR count). The summed E-state index contributed by atoms with van der Waals surface area (Å²) in [7, 11) is 0. The number of halogens is 1. The predicted octanol–water partition coefficient (Wildman–Crippen LogP) is 3.98. The molecule has 0 heterocycles. The lowest BCUT2D eigenvalue weighted by Gasteiger charge is -2.28. The first-order chi connectivity index (χ1) is 9.28. The van der Waals surface area contributed by atoms with Crippen molar-refractivity contribution >= 4 is 33.6 Å². The molecule has 2 unspecified atom stereocenters. The number of amides is 1. The van der Waals surface area contributed by atoms with E-state index in [1.807, 2.05) is 45.0 Å². The zero-order chi connectivity index (χ0) is 15.3. The number of hydrogen-bond donors (Lipinski definition) is 1. The fourth-order valence-electron chi connectivity index (χ4n) is 1.43. The van der Waals surface area contributed by atoms with Gasteiger partial charge >= 0.3 is 0 Å². The van der Waals surface area contributed by atoms with E-state index in [1.165, 1.54) is 11.8 Å². The summed E-state index contributed by atoms with van der Waals surface area (Å²) >= 11 is 4.86. The molecule has 108 valence electrons. The minimum atomic E-state index is -0.828. The molecule has 0 bridgehead atoms. The maximum absolute atomic E-state index is 12.2. The maximum Gasteiger partial charge on any atom is 0.234 e. The van der Waals surface area contributed by atoms with Crippen molar-refractivity contribution in [1.29, 1.82) is 5.26 Å². The molecule has 0 saturated carbocycles. The summed E-state index contributed by atoms with van der Waals surface area (Å²) in [5.41, 5.74) is -0.828. The van der Waals surface area contributed by atoms with Gasteiger partial charge in [0.05, 0.1) is 11.3 Å². The lowest BCUT2D eigenvalue weighted by molar-refractivity contribution is -0.121. The van der Waals surface area contributed by atoms with Crippen molar-refractivity contribution < 1.29 is 4.79 Å². The van der Waals surface area contributed by atoms with E-state index >= 15 is 0 Å². The van der Waals surface area contributed by atoms with Gasteiger partial charge in [0, 0.05) is 9.37 Å². The van der Waals surface area contributed by atoms with Crippen molar-refractivity contribution in [2.45, 2.75) is 43.4 Å². The third kappa shape index (κ3) is 4.53. The van der Waals surface area contributed by atoms with Crippen LogP contribution in [0.25, 0.3) is 0 Å². The first kappa shape index (κ1) is 17.1. The normalized spacial score (nSPS) is 15.2. The Kier molecular flexibility index (Phi) is 6.09. The van der Waals surface area contributed by atoms with Crippen LogP contribution in [0, 0.1) is 17.2 Å². The van der Waals surface area contributed by atoms with Crippen LogP contribution >= 0.6 is 27.7 Å². The van der Waals surface area contributed by atoms with Crippen LogP contribution in [0.2, 0.25) is 0 Å². The Bertz CT molecular complexity index is 510. The van der Waals surface area contributed by atoms with Crippen LogP contribution in [0.5, 0.6) is 0 Å². The van der Waals surface area contributed by atoms with E-state index in [9.17, 15) is 10.1 Å². The monoisotopic (exact) mass is 354 g/mol. The Morgan fingerprint density at radius 2 is 1.90 bits per heavy atom. The highest BCUT2D eigenvalue weighted by molar-refractivity contribution is 9.10. The zero-order valence-corrected chi connectivity index (χ0v) is 14.5. The number of carbonyl (C=O) groups excluding carboxylic acids is 1. The molecule has 0 saturated heterocycles. The Balaban J connectivity index is 2.68. The van der Waals surface area contributed by atoms with Crippen LogP contribution in [0.15, 0.2) is 33.6 Å². The molecular weight excluding hydrogens is 336 g/mol. The van der Waals surface area contributed by atoms with Crippen LogP contribution in [-0.2, 0) is 4.79 Å². The van der Waals surface area contributed by atoms with Crippen LogP contribution < -0.4 is 5.32 Å². The zero-order valence-electron chi connectivity index (χ0n) is 12.1. The van der Waals surface area contributed by atoms with Gasteiger partial charge in [-0.1, -0.05) is 29.8 Å². The lowest BCUT2D eigenvalue weighted by Crippen LogP contribution is -2.51. The topological polar surface area (TPSA) is 52.9 Å². The van der Waals surface area contributed by atoms with Gasteiger partial charge in [0.25, 0.3) is 0 Å². The summed E-state index contributed by atoms with van der Waals surface area (Å²) in [6.45, 7) is 7.46. The number of benzene rings is 1. The van der Waals surface area contributed by atoms with Crippen LogP contribution in [0.1, 0.15) is 27.7 Å². The van der Waals surface area contributed by atoms with Crippen molar-refractivity contribution in [2.24, 2.45) is 5.92 Å². The van der Waals surface area contributed by atoms with Crippen LogP contribution in [0.4, 0.5) is 0 Å². The minimum Gasteiger partial charge on any atom is -0.337 e. The number of carbonyl (C=O) groups is 1. The van der Waals surface area contributed by atoms with E-state index in [1.54, 1.807) is 6.92 Å². The highest BCUT2D eigenvalue weighted by Gasteiger charge is 2.31. The molecular formula is C15H19BrN2OS. The molecule has 0 aliphatic heterocycles. The average Bonchev–Trinajstić information content (AvgIpc) is 2.40. The maximum atomic E-state index is 12.2. The third-order valence-electron chi connectivity index (χ3n) is 3.27. The minimum absolute atomic E-state index is 0.0568. The second kappa shape index (κ2) is 7.14. The van der Waals surface area contributed by atoms with E-state index < -0.39 is 5.54 Å². The Morgan fingerprint density at radius 3 is 2.35 bits per heavy atom. The highest BCUT2D eigenvalue weighted by Crippen LogP contribution is 2.26. The van der Waals surface area contributed by atoms with Crippen molar-refractivity contribution in [3.8, 4) is 6.07 Å². The van der Waals surface area contributed by atoms with Gasteiger partial charge in [0.2, 0.25) is 5.91 Å². The van der Waals surface area contributed by atoms with Crippen molar-refractivity contribution in [2.75, 3.05) is 0 Å². The molecule has 5 heteroatoms. The van der Waals surface area contributed by atoms with Crippen molar-refractivity contribution in [3.05, 3.63) is 28.7 Å². The summed E-state index contributed by atoms with van der Waals surface area (Å²) in [6, 6.07) is 10.0. The molecule has 0 fully saturated rings. The number of hydrogen-bond acceptors (Lipinski definition) is 3. The molecule has 1 aromatic rings. The smallest absolute Gasteiger partial charge is 0.234 e. The molecule has 1 aromatic carbocycles. The number of nitriles is 1. The van der Waals surface area contributed by atoms with Gasteiger partial charge in [-0.3, -0.25) is 4.79 Å². The second-order valence-corrected chi connectivity index (χ2v) is 7.50. The number of nitrogens with zero attached hydrogens (tertiary/aromatic N) is 1. The van der Waals surface area contributed by atoms with Gasteiger partial charge in [-0.25, -0.2) is 0 Å². The van der Waals surface area contributed by atoms with E-state index in [2.05, 4.69) is 27.3 Å². The quantitative estimate of drug-likeness (QED) is 0.813. The van der Waals surface area contributed by atoms with E-state index in [0.717, 1.165) is 9.37 Å². The van der Waals surface area contributed by atoms with Crippen LogP contribution in [-0.4, -0.2) is 16.7 Å². The first-order valence-electron chi connectivity index (χ1n) is 6.44. The van der Waals surface area contributed by atoms with Gasteiger partial charge in [0.1, 0.15) is 5.54 Å². The molecule has 1 amide bonds. The van der Waals surface area contributed by atoms with Crippen molar-refractivity contribution in [1.82, 2.24) is 5.32 Å². The van der Waals surface area contributed by atoms with Crippen molar-refractivity contribution in [3.63, 3.8) is 0 Å². The van der Waals surface area contributed by atoms with Gasteiger partial charge in [-0.05, 0) is 44.0 Å². The van der Waals surface area contributed by atoms with E-state index in [-0.39, 0.29) is 17.1 Å². The van der Waals surface area contributed by atoms with Gasteiger partial charge in [0.15, 0.2) is 0 Å². The lowest BCUT2D eigenvalue weighted by atomic mass is 9.90. The Morgan fingerprint density at radius 1 is 1.35 bits per heavy atom. The standard InChI is InChI=1S/C15H19BrN2OS/c1-10(2)15(4,9-17)18-14(19)11(3)20-13-7-5-12(16)6-8-13/h5-8,10-11H,1-4H3,(H,18,19). The molecule has 20 heavy (non-hydrogen) atoms. The molecule has 0 radical (unpaired) electrons. The van der Waals surface area contributed by atoms with Gasteiger partial charge in [-0.15, -0.1) is 11.8 Å². The first-order valence-corrected chi connectivity index (χ1v) is 8.11. The fraction of sp³-hybridized carbons (Fsp3) is 0.467. The Hall–Kier alpha value is -0.990. The predicted molar refractivity (Wildman–Crippen MR) is 86.5 cm³/mol. The average molecular weight is 355 g/mol. The molecule has 2 atom stereocenters. The fourth-order valence-corrected chi connectivity index (χ4v) is 2.56. The Labute approximate surface area is 133 Å². The summed E-state index contributed by atoms with van der Waals surface area (Å²) in [4.78, 5) is 13.2. The second-order valence-electron chi connectivity index (χ2n) is 5.17. The molecule has 0 aliphatic rings. The van der Waals surface area contributed by atoms with E-state index in [0.29, 0.717) is 0 Å². The largest absolute Gasteiger partial charge is 0.337 e. The summed E-state index contributed by atoms with van der Waals surface area (Å²) in [5.74, 6) is -0.0583. The van der Waals surface area contributed by atoms with Gasteiger partial charge in [-0.2, -0.15) is 5.26 Å². The molecule has 1 N–H and O–H groups in total. The summed E-state index contributed by atoms with van der Waals surface area (Å²) in [6.07, 6.45) is 0. The molecule has 0 aliphatic carbocycles. The molecule has 0 aromatic heterocycles. The SMILES string of the molecule is CC(Sc1ccc(Br)cc1)C(=O)NC(C)(C#N)C(C)C. The third-order valence-corrected chi connectivity index (χ3v) is 4.91. The number of rotatable bonds is 5. The summed E-state index contributed by atoms with van der Waals surface area (Å²) < 4.78 is 1.01. The highest BCUT2D eigenvalue weighted by atomic mass is 79.9. The summed E-state index contributed by atoms with van der Waals surface area (Å²) in [5, 5.41) is 11.8. The number of thioether (sulfide) groups is 1. The van der Waals surface area contributed by atoms with Crippen LogP contribution in [0.3, 0.4) is 0 Å². The van der Waals surface area contributed by atoms with Gasteiger partial charge < -0.3 is 5.32 Å². The molecule has 3 nitrogen and oxygen atoms in total. The number of nitrogens with one attached hydrogen (secondary N) is 1.